The number of benzene rings is 1. The Hall–Kier alpha value is -1.03. The van der Waals surface area contributed by atoms with Crippen LogP contribution in [0.3, 0.4) is 0 Å². The first-order valence-electron chi connectivity index (χ1n) is 5.84. The summed E-state index contributed by atoms with van der Waals surface area (Å²) < 4.78 is 38.0. The van der Waals surface area contributed by atoms with Crippen LogP contribution < -0.4 is 5.73 Å². The Balaban J connectivity index is 2.00. The molecule has 2 saturated carbocycles. The van der Waals surface area contributed by atoms with Gasteiger partial charge in [-0.2, -0.15) is 13.2 Å². The van der Waals surface area contributed by atoms with Crippen molar-refractivity contribution in [2.75, 3.05) is 0 Å². The van der Waals surface area contributed by atoms with Crippen molar-refractivity contribution in [1.82, 2.24) is 0 Å². The lowest BCUT2D eigenvalue weighted by atomic mass is 9.85. The molecule has 1 aromatic rings. The molecule has 2 fully saturated rings. The summed E-state index contributed by atoms with van der Waals surface area (Å²) >= 11 is 0. The third kappa shape index (κ3) is 1.58. The molecule has 2 N–H and O–H groups in total. The maximum atomic E-state index is 12.7. The standard InChI is InChI=1S/C13H14F3N/c14-13(15,16)10-3-1-2-9(8-10)11(4-5-11)12(17)6-7-12/h1-3,8H,4-7,17H2. The van der Waals surface area contributed by atoms with Crippen molar-refractivity contribution in [3.8, 4) is 0 Å². The van der Waals surface area contributed by atoms with E-state index < -0.39 is 11.7 Å². The highest BCUT2D eigenvalue weighted by molar-refractivity contribution is 5.42. The average Bonchev–Trinajstić information content (AvgIpc) is 3.11. The van der Waals surface area contributed by atoms with E-state index in [1.165, 1.54) is 12.1 Å². The average molecular weight is 241 g/mol. The molecule has 0 spiro atoms. The van der Waals surface area contributed by atoms with Gasteiger partial charge in [0.15, 0.2) is 0 Å². The first-order chi connectivity index (χ1) is 7.87. The molecule has 0 unspecified atom stereocenters. The van der Waals surface area contributed by atoms with Crippen LogP contribution in [0, 0.1) is 0 Å². The number of nitrogens with two attached hydrogens (primary N) is 1. The Morgan fingerprint density at radius 1 is 1.06 bits per heavy atom. The third-order valence-electron chi connectivity index (χ3n) is 4.23. The number of hydrogen-bond acceptors (Lipinski definition) is 1. The highest BCUT2D eigenvalue weighted by atomic mass is 19.4. The molecule has 0 saturated heterocycles. The lowest BCUT2D eigenvalue weighted by molar-refractivity contribution is -0.137. The number of halogens is 3. The van der Waals surface area contributed by atoms with Gasteiger partial charge in [-0.25, -0.2) is 0 Å². The third-order valence-corrected chi connectivity index (χ3v) is 4.23. The maximum Gasteiger partial charge on any atom is 0.416 e. The second kappa shape index (κ2) is 3.05. The lowest BCUT2D eigenvalue weighted by Crippen LogP contribution is -2.37. The molecule has 0 bridgehead atoms. The van der Waals surface area contributed by atoms with Crippen LogP contribution in [-0.2, 0) is 11.6 Å². The number of rotatable bonds is 2. The molecule has 0 aromatic heterocycles. The molecular weight excluding hydrogens is 227 g/mol. The summed E-state index contributed by atoms with van der Waals surface area (Å²) in [7, 11) is 0. The highest BCUT2D eigenvalue weighted by Gasteiger charge is 2.64. The monoisotopic (exact) mass is 241 g/mol. The second-order valence-corrected chi connectivity index (χ2v) is 5.32. The molecule has 4 heteroatoms. The van der Waals surface area contributed by atoms with Crippen LogP contribution in [0.5, 0.6) is 0 Å². The van der Waals surface area contributed by atoms with Gasteiger partial charge in [-0.1, -0.05) is 18.2 Å². The van der Waals surface area contributed by atoms with Crippen molar-refractivity contribution in [1.29, 1.82) is 0 Å². The fraction of sp³-hybridized carbons (Fsp3) is 0.538. The van der Waals surface area contributed by atoms with E-state index in [0.717, 1.165) is 37.3 Å². The first-order valence-corrected chi connectivity index (χ1v) is 5.84. The second-order valence-electron chi connectivity index (χ2n) is 5.32. The smallest absolute Gasteiger partial charge is 0.324 e. The van der Waals surface area contributed by atoms with Crippen LogP contribution >= 0.6 is 0 Å². The van der Waals surface area contributed by atoms with Crippen molar-refractivity contribution in [2.45, 2.75) is 42.8 Å². The van der Waals surface area contributed by atoms with Gasteiger partial charge in [0.05, 0.1) is 5.56 Å². The van der Waals surface area contributed by atoms with Gasteiger partial charge in [0.1, 0.15) is 0 Å². The molecule has 1 aromatic carbocycles. The van der Waals surface area contributed by atoms with E-state index in [1.807, 2.05) is 0 Å². The van der Waals surface area contributed by atoms with Crippen molar-refractivity contribution in [3.05, 3.63) is 35.4 Å². The number of hydrogen-bond donors (Lipinski definition) is 1. The molecule has 1 nitrogen and oxygen atoms in total. The molecule has 0 amide bonds. The van der Waals surface area contributed by atoms with Crippen molar-refractivity contribution >= 4 is 0 Å². The van der Waals surface area contributed by atoms with Crippen molar-refractivity contribution in [2.24, 2.45) is 5.73 Å². The van der Waals surface area contributed by atoms with Crippen LogP contribution in [0.25, 0.3) is 0 Å². The minimum atomic E-state index is -4.27. The largest absolute Gasteiger partial charge is 0.416 e. The van der Waals surface area contributed by atoms with Gasteiger partial charge in [0, 0.05) is 11.0 Å². The van der Waals surface area contributed by atoms with Gasteiger partial charge >= 0.3 is 6.18 Å². The van der Waals surface area contributed by atoms with E-state index in [1.54, 1.807) is 6.07 Å². The predicted molar refractivity (Wildman–Crippen MR) is 58.5 cm³/mol. The van der Waals surface area contributed by atoms with Gasteiger partial charge in [-0.3, -0.25) is 0 Å². The molecule has 0 atom stereocenters. The zero-order chi connectivity index (χ0) is 12.3. The molecule has 0 heterocycles. The summed E-state index contributed by atoms with van der Waals surface area (Å²) in [6, 6.07) is 5.68. The van der Waals surface area contributed by atoms with E-state index in [2.05, 4.69) is 0 Å². The van der Waals surface area contributed by atoms with Crippen LogP contribution in [-0.4, -0.2) is 5.54 Å². The summed E-state index contributed by atoms with van der Waals surface area (Å²) in [5, 5.41) is 0. The van der Waals surface area contributed by atoms with Gasteiger partial charge in [0.2, 0.25) is 0 Å². The molecule has 2 aliphatic carbocycles. The molecule has 3 rings (SSSR count). The Bertz CT molecular complexity index is 456. The molecule has 17 heavy (non-hydrogen) atoms. The quantitative estimate of drug-likeness (QED) is 0.845. The summed E-state index contributed by atoms with van der Waals surface area (Å²) in [4.78, 5) is 0. The molecule has 0 radical (unpaired) electrons. The zero-order valence-corrected chi connectivity index (χ0v) is 9.35. The van der Waals surface area contributed by atoms with E-state index in [4.69, 9.17) is 5.73 Å². The Morgan fingerprint density at radius 3 is 2.18 bits per heavy atom. The minimum Gasteiger partial charge on any atom is -0.324 e. The Labute approximate surface area is 97.8 Å². The fourth-order valence-corrected chi connectivity index (χ4v) is 2.81. The summed E-state index contributed by atoms with van der Waals surface area (Å²) in [5.74, 6) is 0. The van der Waals surface area contributed by atoms with E-state index in [0.29, 0.717) is 0 Å². The topological polar surface area (TPSA) is 26.0 Å². The normalized spacial score (nSPS) is 24.5. The zero-order valence-electron chi connectivity index (χ0n) is 9.35. The van der Waals surface area contributed by atoms with Gasteiger partial charge in [-0.05, 0) is 37.3 Å². The van der Waals surface area contributed by atoms with Crippen LogP contribution in [0.4, 0.5) is 13.2 Å². The van der Waals surface area contributed by atoms with Gasteiger partial charge < -0.3 is 5.73 Å². The van der Waals surface area contributed by atoms with Gasteiger partial charge in [-0.15, -0.1) is 0 Å². The van der Waals surface area contributed by atoms with Crippen molar-refractivity contribution in [3.63, 3.8) is 0 Å². The summed E-state index contributed by atoms with van der Waals surface area (Å²) in [6.45, 7) is 0. The minimum absolute atomic E-state index is 0.172. The Morgan fingerprint density at radius 2 is 1.71 bits per heavy atom. The SMILES string of the molecule is NC1(C2(c3cccc(C(F)(F)F)c3)CC2)CC1. The summed E-state index contributed by atoms with van der Waals surface area (Å²) in [5.41, 5.74) is 5.99. The summed E-state index contributed by atoms with van der Waals surface area (Å²) in [6.07, 6.45) is -0.556. The number of alkyl halides is 3. The highest BCUT2D eigenvalue weighted by Crippen LogP contribution is 2.63. The van der Waals surface area contributed by atoms with E-state index in [-0.39, 0.29) is 11.0 Å². The van der Waals surface area contributed by atoms with Crippen LogP contribution in [0.1, 0.15) is 36.8 Å². The van der Waals surface area contributed by atoms with Crippen molar-refractivity contribution < 1.29 is 13.2 Å². The maximum absolute atomic E-state index is 12.7. The lowest BCUT2D eigenvalue weighted by Gasteiger charge is -2.24. The van der Waals surface area contributed by atoms with Gasteiger partial charge in [0.25, 0.3) is 0 Å². The molecule has 0 aliphatic heterocycles. The van der Waals surface area contributed by atoms with Crippen LogP contribution in [0.15, 0.2) is 24.3 Å². The van der Waals surface area contributed by atoms with Crippen LogP contribution in [0.2, 0.25) is 0 Å². The fourth-order valence-electron chi connectivity index (χ4n) is 2.81. The molecule has 92 valence electrons. The first kappa shape index (κ1) is 11.1. The molecule has 2 aliphatic rings. The van der Waals surface area contributed by atoms with E-state index in [9.17, 15) is 13.2 Å². The molecular formula is C13H14F3N. The Kier molecular flexibility index (Phi) is 1.99. The van der Waals surface area contributed by atoms with E-state index >= 15 is 0 Å². The predicted octanol–water partition coefficient (Wildman–Crippen LogP) is 3.23.